The summed E-state index contributed by atoms with van der Waals surface area (Å²) in [5, 5.41) is 8.58. The first-order valence-electron chi connectivity index (χ1n) is 6.75. The van der Waals surface area contributed by atoms with Crippen LogP contribution in [0.15, 0.2) is 18.2 Å². The van der Waals surface area contributed by atoms with Gasteiger partial charge in [0.25, 0.3) is 0 Å². The zero-order valence-corrected chi connectivity index (χ0v) is 11.0. The Bertz CT molecular complexity index is 469. The van der Waals surface area contributed by atoms with Gasteiger partial charge in [0, 0.05) is 17.7 Å². The first-order chi connectivity index (χ1) is 9.29. The quantitative estimate of drug-likeness (QED) is 0.653. The lowest BCUT2D eigenvalue weighted by molar-refractivity contribution is 0.0932. The van der Waals surface area contributed by atoms with Crippen molar-refractivity contribution in [3.05, 3.63) is 35.1 Å². The molecule has 0 radical (unpaired) electrons. The lowest BCUT2D eigenvalue weighted by atomic mass is 9.83. The predicted octanol–water partition coefficient (Wildman–Crippen LogP) is 2.88. The molecule has 1 aliphatic carbocycles. The van der Waals surface area contributed by atoms with Gasteiger partial charge in [-0.25, -0.2) is 4.39 Å². The standard InChI is InChI=1S/C16H19FO2/c17-16-11-14(5-2-9-18)6-7-15(16)12-19-10-8-13-3-1-4-13/h6-7,11,13,18H,1,3-4,8-10,12H2. The molecule has 1 fully saturated rings. The second-order valence-corrected chi connectivity index (χ2v) is 4.90. The maximum absolute atomic E-state index is 13.7. The van der Waals surface area contributed by atoms with Crippen LogP contribution in [0.2, 0.25) is 0 Å². The molecule has 0 amide bonds. The molecular formula is C16H19FO2. The molecule has 1 saturated carbocycles. The molecular weight excluding hydrogens is 243 g/mol. The largest absolute Gasteiger partial charge is 0.384 e. The van der Waals surface area contributed by atoms with Gasteiger partial charge in [-0.15, -0.1) is 0 Å². The van der Waals surface area contributed by atoms with Gasteiger partial charge in [-0.1, -0.05) is 37.2 Å². The average Bonchev–Trinajstić information content (AvgIpc) is 2.36. The fourth-order valence-electron chi connectivity index (χ4n) is 2.10. The first-order valence-corrected chi connectivity index (χ1v) is 6.75. The summed E-state index contributed by atoms with van der Waals surface area (Å²) in [6.45, 7) is 0.802. The summed E-state index contributed by atoms with van der Waals surface area (Å²) in [4.78, 5) is 0. The van der Waals surface area contributed by atoms with Gasteiger partial charge in [0.1, 0.15) is 12.4 Å². The molecule has 0 bridgehead atoms. The van der Waals surface area contributed by atoms with Crippen LogP contribution in [0.1, 0.15) is 36.8 Å². The number of ether oxygens (including phenoxy) is 1. The van der Waals surface area contributed by atoms with Crippen molar-refractivity contribution in [3.63, 3.8) is 0 Å². The summed E-state index contributed by atoms with van der Waals surface area (Å²) in [5.74, 6) is 5.70. The number of halogens is 1. The highest BCUT2D eigenvalue weighted by Gasteiger charge is 2.16. The van der Waals surface area contributed by atoms with E-state index in [9.17, 15) is 4.39 Å². The van der Waals surface area contributed by atoms with Crippen LogP contribution in [-0.4, -0.2) is 18.3 Å². The van der Waals surface area contributed by atoms with Gasteiger partial charge < -0.3 is 9.84 Å². The van der Waals surface area contributed by atoms with Crippen LogP contribution in [0, 0.1) is 23.6 Å². The SMILES string of the molecule is OCC#Cc1ccc(COCCC2CCC2)c(F)c1. The van der Waals surface area contributed by atoms with E-state index in [1.807, 2.05) is 0 Å². The number of rotatable bonds is 5. The minimum atomic E-state index is -0.298. The summed E-state index contributed by atoms with van der Waals surface area (Å²) in [6.07, 6.45) is 5.06. The van der Waals surface area contributed by atoms with Crippen molar-refractivity contribution in [2.75, 3.05) is 13.2 Å². The van der Waals surface area contributed by atoms with Crippen LogP contribution < -0.4 is 0 Å². The number of benzene rings is 1. The second kappa shape index (κ2) is 7.28. The molecule has 19 heavy (non-hydrogen) atoms. The molecule has 0 aromatic heterocycles. The van der Waals surface area contributed by atoms with Gasteiger partial charge in [0.15, 0.2) is 0 Å². The fourth-order valence-corrected chi connectivity index (χ4v) is 2.10. The van der Waals surface area contributed by atoms with Gasteiger partial charge >= 0.3 is 0 Å². The van der Waals surface area contributed by atoms with Gasteiger partial charge in [-0.3, -0.25) is 0 Å². The molecule has 0 saturated heterocycles. The molecule has 1 aromatic rings. The van der Waals surface area contributed by atoms with E-state index in [-0.39, 0.29) is 12.4 Å². The van der Waals surface area contributed by atoms with Crippen LogP contribution in [0.3, 0.4) is 0 Å². The first kappa shape index (κ1) is 14.0. The Morgan fingerprint density at radius 1 is 1.37 bits per heavy atom. The predicted molar refractivity (Wildman–Crippen MR) is 72.0 cm³/mol. The van der Waals surface area contributed by atoms with E-state index in [0.717, 1.165) is 12.3 Å². The summed E-state index contributed by atoms with van der Waals surface area (Å²) in [7, 11) is 0. The number of aliphatic hydroxyl groups excluding tert-OH is 1. The van der Waals surface area contributed by atoms with Crippen LogP contribution >= 0.6 is 0 Å². The highest BCUT2D eigenvalue weighted by atomic mass is 19.1. The van der Waals surface area contributed by atoms with Crippen molar-refractivity contribution in [1.29, 1.82) is 0 Å². The van der Waals surface area contributed by atoms with E-state index in [1.165, 1.54) is 25.3 Å². The molecule has 2 rings (SSSR count). The van der Waals surface area contributed by atoms with E-state index >= 15 is 0 Å². The van der Waals surface area contributed by atoms with Crippen LogP contribution in [0.4, 0.5) is 4.39 Å². The Labute approximate surface area is 113 Å². The molecule has 0 atom stereocenters. The van der Waals surface area contributed by atoms with Gasteiger partial charge in [0.2, 0.25) is 0 Å². The molecule has 1 aliphatic rings. The van der Waals surface area contributed by atoms with Crippen molar-refractivity contribution in [3.8, 4) is 11.8 Å². The van der Waals surface area contributed by atoms with E-state index < -0.39 is 0 Å². The molecule has 3 heteroatoms. The number of hydrogen-bond donors (Lipinski definition) is 1. The third-order valence-corrected chi connectivity index (χ3v) is 3.52. The van der Waals surface area contributed by atoms with Crippen LogP contribution in [-0.2, 0) is 11.3 Å². The minimum absolute atomic E-state index is 0.215. The Balaban J connectivity index is 1.79. The van der Waals surface area contributed by atoms with Crippen molar-refractivity contribution in [2.24, 2.45) is 5.92 Å². The Morgan fingerprint density at radius 2 is 2.21 bits per heavy atom. The Hall–Kier alpha value is -1.37. The van der Waals surface area contributed by atoms with Crippen molar-refractivity contribution in [2.45, 2.75) is 32.3 Å². The molecule has 2 nitrogen and oxygen atoms in total. The lowest BCUT2D eigenvalue weighted by Crippen LogP contribution is -2.13. The van der Waals surface area contributed by atoms with E-state index in [0.29, 0.717) is 24.3 Å². The Morgan fingerprint density at radius 3 is 2.84 bits per heavy atom. The van der Waals surface area contributed by atoms with E-state index in [2.05, 4.69) is 11.8 Å². The molecule has 1 aromatic carbocycles. The lowest BCUT2D eigenvalue weighted by Gasteiger charge is -2.24. The number of aliphatic hydroxyl groups is 1. The fraction of sp³-hybridized carbons (Fsp3) is 0.500. The highest BCUT2D eigenvalue weighted by molar-refractivity contribution is 5.36. The maximum Gasteiger partial charge on any atom is 0.129 e. The van der Waals surface area contributed by atoms with Crippen LogP contribution in [0.5, 0.6) is 0 Å². The third kappa shape index (κ3) is 4.34. The topological polar surface area (TPSA) is 29.5 Å². The minimum Gasteiger partial charge on any atom is -0.384 e. The molecule has 1 N–H and O–H groups in total. The normalized spacial score (nSPS) is 14.6. The van der Waals surface area contributed by atoms with Crippen LogP contribution in [0.25, 0.3) is 0 Å². The van der Waals surface area contributed by atoms with Crippen molar-refractivity contribution >= 4 is 0 Å². The average molecular weight is 262 g/mol. The summed E-state index contributed by atoms with van der Waals surface area (Å²) >= 11 is 0. The third-order valence-electron chi connectivity index (χ3n) is 3.52. The summed E-state index contributed by atoms with van der Waals surface area (Å²) in [6, 6.07) is 4.82. The molecule has 0 spiro atoms. The maximum atomic E-state index is 13.7. The second-order valence-electron chi connectivity index (χ2n) is 4.90. The zero-order valence-electron chi connectivity index (χ0n) is 11.0. The highest BCUT2D eigenvalue weighted by Crippen LogP contribution is 2.29. The zero-order chi connectivity index (χ0) is 13.5. The number of hydrogen-bond acceptors (Lipinski definition) is 2. The van der Waals surface area contributed by atoms with Gasteiger partial charge in [-0.2, -0.15) is 0 Å². The summed E-state index contributed by atoms with van der Waals surface area (Å²) in [5.41, 5.74) is 1.13. The van der Waals surface area contributed by atoms with E-state index in [4.69, 9.17) is 9.84 Å². The molecule has 0 unspecified atom stereocenters. The van der Waals surface area contributed by atoms with Crippen molar-refractivity contribution < 1.29 is 14.2 Å². The van der Waals surface area contributed by atoms with E-state index in [1.54, 1.807) is 12.1 Å². The van der Waals surface area contributed by atoms with Gasteiger partial charge in [-0.05, 0) is 24.5 Å². The molecule has 0 heterocycles. The molecule has 0 aliphatic heterocycles. The molecule has 102 valence electrons. The van der Waals surface area contributed by atoms with Crippen molar-refractivity contribution in [1.82, 2.24) is 0 Å². The smallest absolute Gasteiger partial charge is 0.129 e. The Kier molecular flexibility index (Phi) is 5.38. The van der Waals surface area contributed by atoms with Gasteiger partial charge in [0.05, 0.1) is 6.61 Å². The monoisotopic (exact) mass is 262 g/mol. The summed E-state index contributed by atoms with van der Waals surface area (Å²) < 4.78 is 19.2.